The second-order valence-corrected chi connectivity index (χ2v) is 8.01. The maximum atomic E-state index is 10.6. The van der Waals surface area contributed by atoms with E-state index in [1.807, 2.05) is 47.9 Å². The van der Waals surface area contributed by atoms with Crippen molar-refractivity contribution in [2.75, 3.05) is 13.1 Å². The standard InChI is InChI=1S/C22H30N6O.HI/c1-5-23-21(25-15-20-27-26-19-8-6-7-13-28(19)20)24-14-18(29)16-9-11-17(12-10-16)22(2,3)4;/h6-13,18,29H,5,14-15H2,1-4H3,(H2,23,24,25);1H. The van der Waals surface area contributed by atoms with Crippen LogP contribution < -0.4 is 10.6 Å². The molecule has 2 aromatic heterocycles. The first-order valence-corrected chi connectivity index (χ1v) is 9.98. The average Bonchev–Trinajstić information content (AvgIpc) is 3.12. The number of aliphatic hydroxyl groups is 1. The zero-order chi connectivity index (χ0) is 20.9. The molecular formula is C22H31IN6O. The highest BCUT2D eigenvalue weighted by molar-refractivity contribution is 14.0. The maximum absolute atomic E-state index is 10.6. The molecule has 7 nitrogen and oxygen atoms in total. The summed E-state index contributed by atoms with van der Waals surface area (Å²) < 4.78 is 1.92. The number of rotatable bonds is 6. The van der Waals surface area contributed by atoms with Crippen molar-refractivity contribution in [3.63, 3.8) is 0 Å². The smallest absolute Gasteiger partial charge is 0.191 e. The van der Waals surface area contributed by atoms with Crippen molar-refractivity contribution in [1.82, 2.24) is 25.2 Å². The number of aliphatic hydroxyl groups excluding tert-OH is 1. The van der Waals surface area contributed by atoms with Gasteiger partial charge in [-0.1, -0.05) is 51.1 Å². The van der Waals surface area contributed by atoms with Gasteiger partial charge in [0.1, 0.15) is 6.54 Å². The Hall–Kier alpha value is -2.20. The van der Waals surface area contributed by atoms with Crippen molar-refractivity contribution in [3.05, 3.63) is 65.6 Å². The van der Waals surface area contributed by atoms with Crippen molar-refractivity contribution < 1.29 is 5.11 Å². The molecule has 0 spiro atoms. The minimum absolute atomic E-state index is 0. The molecule has 3 rings (SSSR count). The molecule has 0 radical (unpaired) electrons. The fourth-order valence-electron chi connectivity index (χ4n) is 3.01. The fourth-order valence-corrected chi connectivity index (χ4v) is 3.01. The summed E-state index contributed by atoms with van der Waals surface area (Å²) in [6.07, 6.45) is 1.30. The number of benzene rings is 1. The van der Waals surface area contributed by atoms with Crippen LogP contribution in [0.2, 0.25) is 0 Å². The van der Waals surface area contributed by atoms with E-state index in [4.69, 9.17) is 0 Å². The molecule has 0 saturated carbocycles. The molecule has 0 amide bonds. The molecule has 162 valence electrons. The van der Waals surface area contributed by atoms with Crippen LogP contribution in [0.15, 0.2) is 53.7 Å². The number of pyridine rings is 1. The molecule has 0 saturated heterocycles. The van der Waals surface area contributed by atoms with E-state index in [2.05, 4.69) is 58.7 Å². The van der Waals surface area contributed by atoms with E-state index < -0.39 is 6.10 Å². The Balaban J connectivity index is 0.00000320. The minimum atomic E-state index is -0.623. The second kappa shape index (κ2) is 10.7. The first-order valence-electron chi connectivity index (χ1n) is 9.98. The number of hydrogen-bond donors (Lipinski definition) is 3. The van der Waals surface area contributed by atoms with Gasteiger partial charge in [-0.05, 0) is 35.6 Å². The van der Waals surface area contributed by atoms with Crippen LogP contribution >= 0.6 is 24.0 Å². The third-order valence-electron chi connectivity index (χ3n) is 4.73. The molecule has 8 heteroatoms. The number of nitrogens with zero attached hydrogens (tertiary/aromatic N) is 4. The van der Waals surface area contributed by atoms with Gasteiger partial charge < -0.3 is 15.7 Å². The van der Waals surface area contributed by atoms with Crippen molar-refractivity contribution in [2.24, 2.45) is 4.99 Å². The van der Waals surface area contributed by atoms with Gasteiger partial charge in [-0.15, -0.1) is 34.2 Å². The van der Waals surface area contributed by atoms with Crippen molar-refractivity contribution in [3.8, 4) is 0 Å². The van der Waals surface area contributed by atoms with Crippen LogP contribution in [0.1, 0.15) is 50.8 Å². The van der Waals surface area contributed by atoms with Crippen LogP contribution in [-0.4, -0.2) is 38.8 Å². The number of halogens is 1. The molecule has 2 heterocycles. The highest BCUT2D eigenvalue weighted by atomic mass is 127. The topological polar surface area (TPSA) is 86.8 Å². The van der Waals surface area contributed by atoms with E-state index in [-0.39, 0.29) is 29.4 Å². The van der Waals surface area contributed by atoms with Crippen LogP contribution in [0.5, 0.6) is 0 Å². The Labute approximate surface area is 195 Å². The van der Waals surface area contributed by atoms with Gasteiger partial charge in [0.15, 0.2) is 17.4 Å². The van der Waals surface area contributed by atoms with Gasteiger partial charge in [-0.25, -0.2) is 4.99 Å². The summed E-state index contributed by atoms with van der Waals surface area (Å²) in [5, 5.41) is 25.3. The second-order valence-electron chi connectivity index (χ2n) is 8.01. The third-order valence-corrected chi connectivity index (χ3v) is 4.73. The van der Waals surface area contributed by atoms with Crippen LogP contribution in [0.25, 0.3) is 5.65 Å². The van der Waals surface area contributed by atoms with Gasteiger partial charge in [0.05, 0.1) is 6.10 Å². The van der Waals surface area contributed by atoms with Crippen molar-refractivity contribution in [2.45, 2.75) is 45.8 Å². The van der Waals surface area contributed by atoms with E-state index in [1.54, 1.807) is 0 Å². The summed E-state index contributed by atoms with van der Waals surface area (Å²) in [6.45, 7) is 10.0. The maximum Gasteiger partial charge on any atom is 0.191 e. The summed E-state index contributed by atoms with van der Waals surface area (Å²) in [6, 6.07) is 13.9. The Kier molecular flexibility index (Phi) is 8.60. The highest BCUT2D eigenvalue weighted by Crippen LogP contribution is 2.23. The molecule has 0 bridgehead atoms. The van der Waals surface area contributed by atoms with Crippen LogP contribution in [0, 0.1) is 0 Å². The van der Waals surface area contributed by atoms with Gasteiger partial charge in [0.2, 0.25) is 0 Å². The van der Waals surface area contributed by atoms with Gasteiger partial charge in [0, 0.05) is 19.3 Å². The molecule has 1 unspecified atom stereocenters. The summed E-state index contributed by atoms with van der Waals surface area (Å²) in [5.41, 5.74) is 3.02. The van der Waals surface area contributed by atoms with Gasteiger partial charge in [0.25, 0.3) is 0 Å². The van der Waals surface area contributed by atoms with E-state index in [1.165, 1.54) is 5.56 Å². The van der Waals surface area contributed by atoms with Crippen molar-refractivity contribution in [1.29, 1.82) is 0 Å². The molecular weight excluding hydrogens is 491 g/mol. The number of guanidine groups is 1. The summed E-state index contributed by atoms with van der Waals surface area (Å²) in [4.78, 5) is 4.58. The van der Waals surface area contributed by atoms with Gasteiger partial charge in [-0.3, -0.25) is 4.40 Å². The number of aromatic nitrogens is 3. The van der Waals surface area contributed by atoms with Crippen LogP contribution in [0.3, 0.4) is 0 Å². The normalized spacial score (nSPS) is 13.0. The zero-order valence-corrected chi connectivity index (χ0v) is 20.3. The summed E-state index contributed by atoms with van der Waals surface area (Å²) >= 11 is 0. The van der Waals surface area contributed by atoms with Crippen LogP contribution in [0.4, 0.5) is 0 Å². The monoisotopic (exact) mass is 522 g/mol. The molecule has 0 fully saturated rings. The average molecular weight is 522 g/mol. The Morgan fingerprint density at radius 2 is 1.83 bits per heavy atom. The Morgan fingerprint density at radius 3 is 2.50 bits per heavy atom. The van der Waals surface area contributed by atoms with E-state index in [0.717, 1.165) is 23.6 Å². The van der Waals surface area contributed by atoms with Gasteiger partial charge in [-0.2, -0.15) is 0 Å². The lowest BCUT2D eigenvalue weighted by molar-refractivity contribution is 0.181. The predicted molar refractivity (Wildman–Crippen MR) is 131 cm³/mol. The lowest BCUT2D eigenvalue weighted by atomic mass is 9.86. The quantitative estimate of drug-likeness (QED) is 0.263. The minimum Gasteiger partial charge on any atom is -0.387 e. The predicted octanol–water partition coefficient (Wildman–Crippen LogP) is 3.43. The molecule has 0 aliphatic carbocycles. The number of hydrogen-bond acceptors (Lipinski definition) is 4. The Morgan fingerprint density at radius 1 is 1.10 bits per heavy atom. The van der Waals surface area contributed by atoms with Gasteiger partial charge >= 0.3 is 0 Å². The van der Waals surface area contributed by atoms with E-state index in [9.17, 15) is 5.11 Å². The third kappa shape index (κ3) is 6.15. The lowest BCUT2D eigenvalue weighted by Gasteiger charge is -2.20. The number of aliphatic imine (C=N–C) groups is 1. The zero-order valence-electron chi connectivity index (χ0n) is 18.0. The first-order chi connectivity index (χ1) is 13.9. The Bertz CT molecular complexity index is 962. The van der Waals surface area contributed by atoms with Crippen LogP contribution in [-0.2, 0) is 12.0 Å². The van der Waals surface area contributed by atoms with E-state index in [0.29, 0.717) is 19.0 Å². The number of nitrogens with one attached hydrogen (secondary N) is 2. The molecule has 1 aromatic carbocycles. The van der Waals surface area contributed by atoms with E-state index >= 15 is 0 Å². The highest BCUT2D eigenvalue weighted by Gasteiger charge is 2.15. The fraction of sp³-hybridized carbons (Fsp3) is 0.409. The molecule has 0 aliphatic heterocycles. The largest absolute Gasteiger partial charge is 0.387 e. The molecule has 30 heavy (non-hydrogen) atoms. The molecule has 0 aliphatic rings. The van der Waals surface area contributed by atoms with Crippen molar-refractivity contribution >= 4 is 35.6 Å². The molecule has 3 N–H and O–H groups in total. The summed E-state index contributed by atoms with van der Waals surface area (Å²) in [5.74, 6) is 1.39. The first kappa shape index (κ1) is 24.1. The summed E-state index contributed by atoms with van der Waals surface area (Å²) in [7, 11) is 0. The molecule has 1 atom stereocenters. The number of fused-ring (bicyclic) bond motifs is 1. The SMILES string of the molecule is CCNC(=NCc1nnc2ccccn12)NCC(O)c1ccc(C(C)(C)C)cc1.I. The lowest BCUT2D eigenvalue weighted by Crippen LogP contribution is -2.39. The molecule has 3 aromatic rings.